The highest BCUT2D eigenvalue weighted by atomic mass is 16.5. The number of aromatic amines is 1. The molecule has 2 aromatic rings. The van der Waals surface area contributed by atoms with Crippen LogP contribution in [0.5, 0.6) is 5.75 Å². The Bertz CT molecular complexity index is 1160. The number of rotatable bonds is 10. The van der Waals surface area contributed by atoms with Gasteiger partial charge in [0.1, 0.15) is 17.2 Å². The third kappa shape index (κ3) is 5.02. The molecule has 2 heterocycles. The van der Waals surface area contributed by atoms with Gasteiger partial charge < -0.3 is 29.4 Å². The van der Waals surface area contributed by atoms with E-state index in [1.54, 1.807) is 52.1 Å². The van der Waals surface area contributed by atoms with Gasteiger partial charge in [0.15, 0.2) is 0 Å². The van der Waals surface area contributed by atoms with Gasteiger partial charge in [0.25, 0.3) is 11.7 Å². The first-order valence-electron chi connectivity index (χ1n) is 12.2. The van der Waals surface area contributed by atoms with Crippen LogP contribution in [0.3, 0.4) is 0 Å². The minimum Gasteiger partial charge on any atom is -0.507 e. The highest BCUT2D eigenvalue weighted by Gasteiger charge is 2.46. The zero-order valence-corrected chi connectivity index (χ0v) is 21.8. The number of ether oxygens (including phenoxy) is 2. The average Bonchev–Trinajstić information content (AvgIpc) is 3.31. The summed E-state index contributed by atoms with van der Waals surface area (Å²) in [5.41, 5.74) is 2.13. The third-order valence-electron chi connectivity index (χ3n) is 6.68. The standard InChI is InChI=1S/C27H35N3O6/c1-7-29(8-2)14-15-30-23(18-10-12-19(35-6)13-11-18)21(25(32)26(30)33)24(31)20-16(4)22(28-17(20)5)27(34)36-9-3/h10-13,23,28,31H,7-9,14-15H2,1-6H3. The van der Waals surface area contributed by atoms with Gasteiger partial charge in [-0.2, -0.15) is 0 Å². The Morgan fingerprint density at radius 3 is 2.31 bits per heavy atom. The molecule has 0 saturated carbocycles. The number of amides is 1. The summed E-state index contributed by atoms with van der Waals surface area (Å²) < 4.78 is 10.4. The van der Waals surface area contributed by atoms with Crippen molar-refractivity contribution in [1.29, 1.82) is 0 Å². The van der Waals surface area contributed by atoms with Gasteiger partial charge in [-0.25, -0.2) is 4.79 Å². The van der Waals surface area contributed by atoms with Crippen molar-refractivity contribution < 1.29 is 29.0 Å². The Morgan fingerprint density at radius 2 is 1.75 bits per heavy atom. The van der Waals surface area contributed by atoms with E-state index >= 15 is 0 Å². The summed E-state index contributed by atoms with van der Waals surface area (Å²) >= 11 is 0. The molecule has 36 heavy (non-hydrogen) atoms. The molecule has 1 fully saturated rings. The number of methoxy groups -OCH3 is 1. The quantitative estimate of drug-likeness (QED) is 0.223. The molecule has 1 atom stereocenters. The van der Waals surface area contributed by atoms with E-state index in [9.17, 15) is 19.5 Å². The lowest BCUT2D eigenvalue weighted by molar-refractivity contribution is -0.140. The third-order valence-corrected chi connectivity index (χ3v) is 6.68. The average molecular weight is 498 g/mol. The number of aliphatic hydroxyl groups is 1. The van der Waals surface area contributed by atoms with Gasteiger partial charge in [-0.3, -0.25) is 9.59 Å². The molecule has 1 aliphatic rings. The highest BCUT2D eigenvalue weighted by Crippen LogP contribution is 2.41. The monoisotopic (exact) mass is 497 g/mol. The zero-order chi connectivity index (χ0) is 26.6. The minimum absolute atomic E-state index is 0.00896. The Kier molecular flexibility index (Phi) is 8.57. The second-order valence-electron chi connectivity index (χ2n) is 8.64. The topological polar surface area (TPSA) is 112 Å². The van der Waals surface area contributed by atoms with E-state index < -0.39 is 23.7 Å². The molecule has 0 bridgehead atoms. The van der Waals surface area contributed by atoms with Crippen molar-refractivity contribution >= 4 is 23.4 Å². The fraction of sp³-hybridized carbons (Fsp3) is 0.444. The molecule has 9 heteroatoms. The first-order chi connectivity index (χ1) is 17.2. The fourth-order valence-corrected chi connectivity index (χ4v) is 4.68. The maximum atomic E-state index is 13.3. The van der Waals surface area contributed by atoms with Crippen molar-refractivity contribution in [3.05, 3.63) is 57.9 Å². The van der Waals surface area contributed by atoms with Crippen LogP contribution in [0.4, 0.5) is 0 Å². The molecule has 2 N–H and O–H groups in total. The number of ketones is 1. The molecule has 3 rings (SSSR count). The molecule has 0 spiro atoms. The van der Waals surface area contributed by atoms with Crippen LogP contribution in [0.1, 0.15) is 59.7 Å². The van der Waals surface area contributed by atoms with Crippen LogP contribution in [-0.2, 0) is 14.3 Å². The number of H-pyrrole nitrogens is 1. The summed E-state index contributed by atoms with van der Waals surface area (Å²) in [5.74, 6) is -1.66. The normalized spacial score (nSPS) is 17.2. The van der Waals surface area contributed by atoms with Crippen LogP contribution in [0.2, 0.25) is 0 Å². The lowest BCUT2D eigenvalue weighted by Crippen LogP contribution is -2.38. The van der Waals surface area contributed by atoms with E-state index in [-0.39, 0.29) is 23.6 Å². The van der Waals surface area contributed by atoms with Gasteiger partial charge in [0.2, 0.25) is 0 Å². The Morgan fingerprint density at radius 1 is 1.11 bits per heavy atom. The van der Waals surface area contributed by atoms with Crippen molar-refractivity contribution in [2.45, 2.75) is 40.7 Å². The smallest absolute Gasteiger partial charge is 0.355 e. The molecular weight excluding hydrogens is 462 g/mol. The number of likely N-dealkylation sites (N-methyl/N-ethyl adjacent to an activating group) is 1. The van der Waals surface area contributed by atoms with Crippen molar-refractivity contribution in [3.8, 4) is 5.75 Å². The molecular formula is C27H35N3O6. The Hall–Kier alpha value is -3.59. The molecule has 194 valence electrons. The lowest BCUT2D eigenvalue weighted by atomic mass is 9.94. The second kappa shape index (κ2) is 11.4. The van der Waals surface area contributed by atoms with E-state index in [1.807, 2.05) is 13.8 Å². The number of likely N-dealkylation sites (tertiary alicyclic amines) is 1. The molecule has 1 aromatic heterocycles. The molecule has 9 nitrogen and oxygen atoms in total. The number of hydrogen-bond donors (Lipinski definition) is 2. The van der Waals surface area contributed by atoms with E-state index in [0.717, 1.165) is 13.1 Å². The minimum atomic E-state index is -0.786. The number of hydrogen-bond acceptors (Lipinski definition) is 7. The number of carbonyl (C=O) groups is 3. The van der Waals surface area contributed by atoms with Crippen molar-refractivity contribution in [2.24, 2.45) is 0 Å². The number of aryl methyl sites for hydroxylation is 1. The Balaban J connectivity index is 2.16. The summed E-state index contributed by atoms with van der Waals surface area (Å²) in [5, 5.41) is 11.5. The van der Waals surface area contributed by atoms with Gasteiger partial charge in [-0.05, 0) is 57.1 Å². The predicted molar refractivity (Wildman–Crippen MR) is 136 cm³/mol. The number of aliphatic hydroxyl groups excluding tert-OH is 1. The zero-order valence-electron chi connectivity index (χ0n) is 21.8. The molecule has 0 radical (unpaired) electrons. The number of nitrogens with zero attached hydrogens (tertiary/aromatic N) is 2. The van der Waals surface area contributed by atoms with Crippen LogP contribution >= 0.6 is 0 Å². The first-order valence-corrected chi connectivity index (χ1v) is 12.2. The molecule has 1 aromatic carbocycles. The fourth-order valence-electron chi connectivity index (χ4n) is 4.68. The van der Waals surface area contributed by atoms with Crippen LogP contribution in [0.25, 0.3) is 5.76 Å². The number of nitrogens with one attached hydrogen (secondary N) is 1. The highest BCUT2D eigenvalue weighted by molar-refractivity contribution is 6.46. The summed E-state index contributed by atoms with van der Waals surface area (Å²) in [7, 11) is 1.56. The summed E-state index contributed by atoms with van der Waals surface area (Å²) in [6.45, 7) is 11.9. The molecule has 1 saturated heterocycles. The van der Waals surface area contributed by atoms with Crippen LogP contribution in [0, 0.1) is 13.8 Å². The van der Waals surface area contributed by atoms with E-state index in [2.05, 4.69) is 9.88 Å². The van der Waals surface area contributed by atoms with Crippen LogP contribution in [-0.4, -0.2) is 77.4 Å². The number of carbonyl (C=O) groups excluding carboxylic acids is 3. The van der Waals surface area contributed by atoms with E-state index in [1.165, 1.54) is 4.90 Å². The summed E-state index contributed by atoms with van der Waals surface area (Å²) in [4.78, 5) is 45.6. The summed E-state index contributed by atoms with van der Waals surface area (Å²) in [6, 6.07) is 6.30. The molecule has 1 amide bonds. The number of aromatic nitrogens is 1. The number of benzene rings is 1. The Labute approximate surface area is 211 Å². The van der Waals surface area contributed by atoms with Gasteiger partial charge >= 0.3 is 5.97 Å². The SMILES string of the molecule is CCOC(=O)c1[nH]c(C)c(C(O)=C2C(=O)C(=O)N(CCN(CC)CC)C2c2ccc(OC)cc2)c1C. The van der Waals surface area contributed by atoms with Crippen LogP contribution in [0.15, 0.2) is 29.8 Å². The maximum absolute atomic E-state index is 13.3. The molecule has 1 unspecified atom stereocenters. The van der Waals surface area contributed by atoms with Crippen molar-refractivity contribution in [2.75, 3.05) is 39.9 Å². The van der Waals surface area contributed by atoms with Gasteiger partial charge in [-0.1, -0.05) is 26.0 Å². The first kappa shape index (κ1) is 27.0. The predicted octanol–water partition coefficient (Wildman–Crippen LogP) is 3.58. The summed E-state index contributed by atoms with van der Waals surface area (Å²) in [6.07, 6.45) is 0. The van der Waals surface area contributed by atoms with Gasteiger partial charge in [0.05, 0.1) is 25.3 Å². The van der Waals surface area contributed by atoms with Crippen molar-refractivity contribution in [3.63, 3.8) is 0 Å². The van der Waals surface area contributed by atoms with E-state index in [4.69, 9.17) is 9.47 Å². The second-order valence-corrected chi connectivity index (χ2v) is 8.64. The van der Waals surface area contributed by atoms with E-state index in [0.29, 0.717) is 41.2 Å². The molecule has 1 aliphatic heterocycles. The maximum Gasteiger partial charge on any atom is 0.355 e. The lowest BCUT2D eigenvalue weighted by Gasteiger charge is -2.28. The molecule has 0 aliphatic carbocycles. The van der Waals surface area contributed by atoms with Gasteiger partial charge in [-0.15, -0.1) is 0 Å². The van der Waals surface area contributed by atoms with Crippen LogP contribution < -0.4 is 4.74 Å². The van der Waals surface area contributed by atoms with Gasteiger partial charge in [0, 0.05) is 24.3 Å². The largest absolute Gasteiger partial charge is 0.507 e. The number of esters is 1. The van der Waals surface area contributed by atoms with Crippen molar-refractivity contribution in [1.82, 2.24) is 14.8 Å². The number of Topliss-reactive ketones (excluding diaryl/α,β-unsaturated/α-hetero) is 1.